The first kappa shape index (κ1) is 23.3. The standard InChI is InChI=1S/C31H33N5O2/c1-18-16-36(17-19(2)35(18)3)22-8-5-20(6-9-22)29-24-11-7-21(13-28(24)33-34-29)26-15-31(26)25-14-23(38-4)10-12-27(25)32-30(31)37/h5-14,18-19,26H,15-17H2,1-4H3,(H,32,37)(H,33,34)/t18-,19+,26-,31-/m0/s1. The zero-order valence-electron chi connectivity index (χ0n) is 22.3. The number of aromatic nitrogens is 2. The molecular weight excluding hydrogens is 474 g/mol. The molecule has 1 amide bonds. The van der Waals surface area contributed by atoms with Gasteiger partial charge in [-0.3, -0.25) is 14.8 Å². The summed E-state index contributed by atoms with van der Waals surface area (Å²) in [5.74, 6) is 1.00. The smallest absolute Gasteiger partial charge is 0.235 e. The summed E-state index contributed by atoms with van der Waals surface area (Å²) in [5.41, 5.74) is 6.90. The van der Waals surface area contributed by atoms with Gasteiger partial charge in [0, 0.05) is 53.4 Å². The number of hydrogen-bond donors (Lipinski definition) is 2. The summed E-state index contributed by atoms with van der Waals surface area (Å²) in [5, 5.41) is 12.1. The van der Waals surface area contributed by atoms with Gasteiger partial charge in [-0.25, -0.2) is 0 Å². The largest absolute Gasteiger partial charge is 0.497 e. The molecule has 2 N–H and O–H groups in total. The number of piperazine rings is 1. The van der Waals surface area contributed by atoms with Crippen LogP contribution in [0.5, 0.6) is 5.75 Å². The Kier molecular flexibility index (Phi) is 5.11. The number of likely N-dealkylation sites (N-methyl/N-ethyl adjacent to an activating group) is 1. The number of benzene rings is 3. The molecule has 38 heavy (non-hydrogen) atoms. The predicted octanol–water partition coefficient (Wildman–Crippen LogP) is 5.14. The van der Waals surface area contributed by atoms with Gasteiger partial charge in [0.15, 0.2) is 0 Å². The van der Waals surface area contributed by atoms with Crippen LogP contribution in [0, 0.1) is 0 Å². The second kappa shape index (κ2) is 8.33. The maximum atomic E-state index is 13.1. The summed E-state index contributed by atoms with van der Waals surface area (Å²) in [6.07, 6.45) is 0.802. The lowest BCUT2D eigenvalue weighted by Crippen LogP contribution is -2.55. The van der Waals surface area contributed by atoms with Gasteiger partial charge in [-0.05, 0) is 74.8 Å². The molecule has 7 rings (SSSR count). The Morgan fingerprint density at radius 1 is 1.00 bits per heavy atom. The highest BCUT2D eigenvalue weighted by Crippen LogP contribution is 2.65. The van der Waals surface area contributed by atoms with Gasteiger partial charge in [-0.1, -0.05) is 24.3 Å². The zero-order valence-corrected chi connectivity index (χ0v) is 22.3. The van der Waals surface area contributed by atoms with Crippen molar-refractivity contribution in [1.29, 1.82) is 0 Å². The van der Waals surface area contributed by atoms with E-state index in [0.717, 1.165) is 64.2 Å². The van der Waals surface area contributed by atoms with E-state index in [4.69, 9.17) is 4.74 Å². The molecule has 0 bridgehead atoms. The summed E-state index contributed by atoms with van der Waals surface area (Å²) in [6, 6.07) is 22.2. The number of methoxy groups -OCH3 is 1. The number of nitrogens with zero attached hydrogens (tertiary/aromatic N) is 3. The Labute approximate surface area is 222 Å². The molecule has 2 fully saturated rings. The number of nitrogens with one attached hydrogen (secondary N) is 2. The van der Waals surface area contributed by atoms with E-state index in [9.17, 15) is 4.79 Å². The number of hydrogen-bond acceptors (Lipinski definition) is 5. The molecule has 7 nitrogen and oxygen atoms in total. The van der Waals surface area contributed by atoms with Crippen molar-refractivity contribution in [1.82, 2.24) is 15.1 Å². The first-order valence-electron chi connectivity index (χ1n) is 13.4. The van der Waals surface area contributed by atoms with Gasteiger partial charge >= 0.3 is 0 Å². The molecule has 0 unspecified atom stereocenters. The van der Waals surface area contributed by atoms with Crippen molar-refractivity contribution >= 4 is 28.2 Å². The number of H-pyrrole nitrogens is 1. The van der Waals surface area contributed by atoms with Crippen LogP contribution in [0.3, 0.4) is 0 Å². The molecule has 2 aliphatic heterocycles. The van der Waals surface area contributed by atoms with E-state index in [-0.39, 0.29) is 11.8 Å². The van der Waals surface area contributed by atoms with Crippen molar-refractivity contribution in [2.75, 3.05) is 37.5 Å². The highest BCUT2D eigenvalue weighted by Gasteiger charge is 2.65. The summed E-state index contributed by atoms with van der Waals surface area (Å²) in [4.78, 5) is 18.0. The lowest BCUT2D eigenvalue weighted by molar-refractivity contribution is -0.118. The molecule has 4 atom stereocenters. The fourth-order valence-electron chi connectivity index (χ4n) is 6.62. The predicted molar refractivity (Wildman–Crippen MR) is 151 cm³/mol. The second-order valence-electron chi connectivity index (χ2n) is 11.3. The summed E-state index contributed by atoms with van der Waals surface area (Å²) in [6.45, 7) is 6.65. The molecule has 1 aromatic heterocycles. The minimum atomic E-state index is -0.505. The van der Waals surface area contributed by atoms with Crippen molar-refractivity contribution < 1.29 is 9.53 Å². The van der Waals surface area contributed by atoms with Gasteiger partial charge in [0.25, 0.3) is 0 Å². The molecule has 1 saturated carbocycles. The summed E-state index contributed by atoms with van der Waals surface area (Å²) >= 11 is 0. The lowest BCUT2D eigenvalue weighted by atomic mass is 9.91. The average Bonchev–Trinajstić information content (AvgIpc) is 3.46. The highest BCUT2D eigenvalue weighted by molar-refractivity contribution is 6.10. The Morgan fingerprint density at radius 3 is 2.50 bits per heavy atom. The van der Waals surface area contributed by atoms with Crippen LogP contribution in [0.15, 0.2) is 60.7 Å². The second-order valence-corrected chi connectivity index (χ2v) is 11.3. The molecule has 1 aliphatic carbocycles. The number of aromatic amines is 1. The highest BCUT2D eigenvalue weighted by atomic mass is 16.5. The Bertz CT molecular complexity index is 1550. The molecule has 7 heteroatoms. The Morgan fingerprint density at radius 2 is 1.76 bits per heavy atom. The van der Waals surface area contributed by atoms with E-state index in [1.165, 1.54) is 5.69 Å². The quantitative estimate of drug-likeness (QED) is 0.400. The minimum absolute atomic E-state index is 0.0837. The zero-order chi connectivity index (χ0) is 26.2. The third-order valence-electron chi connectivity index (χ3n) is 9.18. The Balaban J connectivity index is 1.15. The van der Waals surface area contributed by atoms with Crippen LogP contribution in [0.4, 0.5) is 11.4 Å². The van der Waals surface area contributed by atoms with E-state index in [2.05, 4.69) is 88.7 Å². The van der Waals surface area contributed by atoms with Crippen LogP contribution in [-0.2, 0) is 10.2 Å². The fourth-order valence-corrected chi connectivity index (χ4v) is 6.62. The molecule has 1 spiro atoms. The van der Waals surface area contributed by atoms with Crippen molar-refractivity contribution in [3.8, 4) is 17.0 Å². The van der Waals surface area contributed by atoms with E-state index in [1.54, 1.807) is 7.11 Å². The first-order chi connectivity index (χ1) is 18.4. The van der Waals surface area contributed by atoms with Gasteiger partial charge in [-0.2, -0.15) is 5.10 Å². The van der Waals surface area contributed by atoms with Crippen molar-refractivity contribution in [3.63, 3.8) is 0 Å². The lowest BCUT2D eigenvalue weighted by Gasteiger charge is -2.43. The van der Waals surface area contributed by atoms with E-state index < -0.39 is 5.41 Å². The number of fused-ring (bicyclic) bond motifs is 3. The number of carbonyl (C=O) groups is 1. The maximum absolute atomic E-state index is 13.1. The molecular formula is C31H33N5O2. The van der Waals surface area contributed by atoms with Crippen LogP contribution in [0.2, 0.25) is 0 Å². The van der Waals surface area contributed by atoms with Gasteiger partial charge in [0.05, 0.1) is 23.7 Å². The van der Waals surface area contributed by atoms with Crippen LogP contribution in [-0.4, -0.2) is 60.3 Å². The van der Waals surface area contributed by atoms with Crippen molar-refractivity contribution in [3.05, 3.63) is 71.8 Å². The number of anilines is 2. The van der Waals surface area contributed by atoms with E-state index in [0.29, 0.717) is 12.1 Å². The molecule has 4 aromatic rings. The number of rotatable bonds is 4. The SMILES string of the molecule is COc1ccc2c(c1)[C@]1(C[C@H]1c1ccc3c(-c4ccc(N5C[C@@H](C)N(C)[C@@H](C)C5)cc4)n[nH]c3c1)C(=O)N2. The van der Waals surface area contributed by atoms with Crippen LogP contribution < -0.4 is 15.0 Å². The number of carbonyl (C=O) groups excluding carboxylic acids is 1. The number of ether oxygens (including phenoxy) is 1. The average molecular weight is 508 g/mol. The van der Waals surface area contributed by atoms with Crippen molar-refractivity contribution in [2.45, 2.75) is 43.7 Å². The van der Waals surface area contributed by atoms with Crippen LogP contribution in [0.25, 0.3) is 22.2 Å². The van der Waals surface area contributed by atoms with Crippen LogP contribution in [0.1, 0.15) is 37.3 Å². The molecule has 3 aliphatic rings. The molecule has 0 radical (unpaired) electrons. The molecule has 194 valence electrons. The van der Waals surface area contributed by atoms with Gasteiger partial charge in [-0.15, -0.1) is 0 Å². The maximum Gasteiger partial charge on any atom is 0.235 e. The molecule has 1 saturated heterocycles. The monoisotopic (exact) mass is 507 g/mol. The first-order valence-corrected chi connectivity index (χ1v) is 13.4. The molecule has 3 aromatic carbocycles. The van der Waals surface area contributed by atoms with E-state index >= 15 is 0 Å². The van der Waals surface area contributed by atoms with E-state index in [1.807, 2.05) is 18.2 Å². The van der Waals surface area contributed by atoms with Crippen LogP contribution >= 0.6 is 0 Å². The third-order valence-corrected chi connectivity index (χ3v) is 9.18. The Hall–Kier alpha value is -3.84. The van der Waals surface area contributed by atoms with Crippen molar-refractivity contribution in [2.24, 2.45) is 0 Å². The third kappa shape index (κ3) is 3.38. The number of amides is 1. The summed E-state index contributed by atoms with van der Waals surface area (Å²) < 4.78 is 5.44. The normalized spacial score (nSPS) is 26.6. The summed E-state index contributed by atoms with van der Waals surface area (Å²) in [7, 11) is 3.87. The fraction of sp³-hybridized carbons (Fsp3) is 0.355. The van der Waals surface area contributed by atoms with Gasteiger partial charge < -0.3 is 15.0 Å². The van der Waals surface area contributed by atoms with Gasteiger partial charge in [0.2, 0.25) is 5.91 Å². The van der Waals surface area contributed by atoms with Gasteiger partial charge in [0.1, 0.15) is 5.75 Å². The minimum Gasteiger partial charge on any atom is -0.497 e. The topological polar surface area (TPSA) is 73.5 Å². The molecule has 3 heterocycles.